The summed E-state index contributed by atoms with van der Waals surface area (Å²) < 4.78 is 0. The van der Waals surface area contributed by atoms with Gasteiger partial charge in [-0.3, -0.25) is 9.78 Å². The first-order valence-corrected chi connectivity index (χ1v) is 5.80. The van der Waals surface area contributed by atoms with Gasteiger partial charge in [0.05, 0.1) is 0 Å². The van der Waals surface area contributed by atoms with E-state index in [4.69, 9.17) is 0 Å². The summed E-state index contributed by atoms with van der Waals surface area (Å²) >= 11 is 0. The maximum Gasteiger partial charge on any atom is 0.269 e. The fourth-order valence-electron chi connectivity index (χ4n) is 2.03. The van der Waals surface area contributed by atoms with E-state index in [-0.39, 0.29) is 11.4 Å². The molecule has 0 saturated carbocycles. The molecule has 0 spiro atoms. The summed E-state index contributed by atoms with van der Waals surface area (Å²) in [6.07, 6.45) is 2.73. The molecular weight excluding hydrogens is 216 g/mol. The second-order valence-corrected chi connectivity index (χ2v) is 4.62. The zero-order valence-corrected chi connectivity index (χ0v) is 10.2. The quantitative estimate of drug-likeness (QED) is 0.716. The van der Waals surface area contributed by atoms with Crippen LogP contribution in [0.25, 0.3) is 0 Å². The van der Waals surface area contributed by atoms with E-state index in [1.165, 1.54) is 0 Å². The molecule has 2 heterocycles. The van der Waals surface area contributed by atoms with Crippen LogP contribution in [0, 0.1) is 0 Å². The minimum Gasteiger partial charge on any atom is -0.378 e. The highest BCUT2D eigenvalue weighted by Gasteiger charge is 2.28. The van der Waals surface area contributed by atoms with Crippen molar-refractivity contribution < 1.29 is 4.79 Å². The molecule has 17 heavy (non-hydrogen) atoms. The molecule has 1 atom stereocenters. The van der Waals surface area contributed by atoms with Crippen molar-refractivity contribution >= 4 is 11.6 Å². The molecule has 1 aliphatic rings. The first-order chi connectivity index (χ1) is 8.13. The minimum atomic E-state index is -0.164. The fourth-order valence-corrected chi connectivity index (χ4v) is 2.03. The molecule has 3 N–H and O–H groups in total. The molecule has 1 unspecified atom stereocenters. The molecule has 0 aliphatic carbocycles. The Morgan fingerprint density at radius 2 is 2.41 bits per heavy atom. The molecule has 1 amide bonds. The number of aromatic nitrogens is 1. The average Bonchev–Trinajstić information content (AvgIpc) is 2.75. The van der Waals surface area contributed by atoms with Crippen molar-refractivity contribution in [3.05, 3.63) is 24.0 Å². The fraction of sp³-hybridized carbons (Fsp3) is 0.500. The Bertz CT molecular complexity index is 413. The maximum atomic E-state index is 11.5. The van der Waals surface area contributed by atoms with Gasteiger partial charge in [0.25, 0.3) is 5.91 Å². The third kappa shape index (κ3) is 2.74. The highest BCUT2D eigenvalue weighted by molar-refractivity contribution is 5.92. The van der Waals surface area contributed by atoms with Crippen LogP contribution in [0.2, 0.25) is 0 Å². The van der Waals surface area contributed by atoms with E-state index in [0.717, 1.165) is 25.2 Å². The third-order valence-corrected chi connectivity index (χ3v) is 3.03. The van der Waals surface area contributed by atoms with Gasteiger partial charge in [-0.1, -0.05) is 0 Å². The van der Waals surface area contributed by atoms with Gasteiger partial charge >= 0.3 is 0 Å². The summed E-state index contributed by atoms with van der Waals surface area (Å²) in [6.45, 7) is 4.13. The van der Waals surface area contributed by atoms with Crippen LogP contribution in [0.15, 0.2) is 18.3 Å². The molecule has 1 saturated heterocycles. The van der Waals surface area contributed by atoms with Crippen LogP contribution < -0.4 is 16.0 Å². The van der Waals surface area contributed by atoms with Crippen molar-refractivity contribution in [2.24, 2.45) is 0 Å². The van der Waals surface area contributed by atoms with E-state index >= 15 is 0 Å². The molecule has 1 aromatic heterocycles. The minimum absolute atomic E-state index is 0.0569. The Kier molecular flexibility index (Phi) is 3.28. The van der Waals surface area contributed by atoms with Crippen LogP contribution in [-0.2, 0) is 0 Å². The third-order valence-electron chi connectivity index (χ3n) is 3.03. The van der Waals surface area contributed by atoms with Crippen molar-refractivity contribution in [2.75, 3.05) is 25.5 Å². The van der Waals surface area contributed by atoms with Crippen molar-refractivity contribution in [1.29, 1.82) is 0 Å². The summed E-state index contributed by atoms with van der Waals surface area (Å²) in [5.74, 6) is -0.164. The number of nitrogens with one attached hydrogen (secondary N) is 3. The molecule has 1 fully saturated rings. The monoisotopic (exact) mass is 234 g/mol. The van der Waals surface area contributed by atoms with Gasteiger partial charge in [0, 0.05) is 31.0 Å². The Hall–Kier alpha value is -1.62. The van der Waals surface area contributed by atoms with Crippen LogP contribution in [-0.4, -0.2) is 36.6 Å². The number of hydrogen-bond acceptors (Lipinski definition) is 4. The second-order valence-electron chi connectivity index (χ2n) is 4.62. The van der Waals surface area contributed by atoms with Gasteiger partial charge < -0.3 is 16.0 Å². The lowest BCUT2D eigenvalue weighted by atomic mass is 10.0. The van der Waals surface area contributed by atoms with Gasteiger partial charge in [-0.05, 0) is 32.0 Å². The van der Waals surface area contributed by atoms with E-state index in [2.05, 4.69) is 27.9 Å². The van der Waals surface area contributed by atoms with Crippen molar-refractivity contribution in [1.82, 2.24) is 15.6 Å². The Morgan fingerprint density at radius 1 is 1.59 bits per heavy atom. The Balaban J connectivity index is 2.13. The molecule has 1 aliphatic heterocycles. The number of rotatable bonds is 3. The molecule has 92 valence electrons. The normalized spacial score (nSPS) is 23.4. The molecular formula is C12H18N4O. The van der Waals surface area contributed by atoms with Crippen molar-refractivity contribution in [2.45, 2.75) is 18.9 Å². The van der Waals surface area contributed by atoms with Crippen LogP contribution in [0.5, 0.6) is 0 Å². The predicted molar refractivity (Wildman–Crippen MR) is 67.1 cm³/mol. The molecule has 2 rings (SSSR count). The average molecular weight is 234 g/mol. The number of anilines is 1. The summed E-state index contributed by atoms with van der Waals surface area (Å²) in [4.78, 5) is 15.5. The molecule has 0 aromatic carbocycles. The Morgan fingerprint density at radius 3 is 3.06 bits per heavy atom. The first kappa shape index (κ1) is 11.9. The van der Waals surface area contributed by atoms with Gasteiger partial charge in [0.15, 0.2) is 0 Å². The SMILES string of the molecule is CNC(=O)c1cc(NC2(C)CCNC2)ccn1. The smallest absolute Gasteiger partial charge is 0.269 e. The van der Waals surface area contributed by atoms with Crippen molar-refractivity contribution in [3.8, 4) is 0 Å². The van der Waals surface area contributed by atoms with Crippen LogP contribution in [0.1, 0.15) is 23.8 Å². The second kappa shape index (κ2) is 4.71. The van der Waals surface area contributed by atoms with Crippen molar-refractivity contribution in [3.63, 3.8) is 0 Å². The van der Waals surface area contributed by atoms with E-state index < -0.39 is 0 Å². The summed E-state index contributed by atoms with van der Waals surface area (Å²) in [5.41, 5.74) is 1.43. The number of carbonyl (C=O) groups excluding carboxylic acids is 1. The highest BCUT2D eigenvalue weighted by atomic mass is 16.1. The van der Waals surface area contributed by atoms with Crippen LogP contribution in [0.3, 0.4) is 0 Å². The summed E-state index contributed by atoms with van der Waals surface area (Å²) in [5, 5.41) is 9.35. The predicted octanol–water partition coefficient (Wildman–Crippen LogP) is 0.605. The van der Waals surface area contributed by atoms with Gasteiger partial charge in [0.2, 0.25) is 0 Å². The van der Waals surface area contributed by atoms with Gasteiger partial charge in [-0.25, -0.2) is 0 Å². The van der Waals surface area contributed by atoms with Gasteiger partial charge in [-0.15, -0.1) is 0 Å². The first-order valence-electron chi connectivity index (χ1n) is 5.80. The summed E-state index contributed by atoms with van der Waals surface area (Å²) in [6, 6.07) is 3.67. The standard InChI is InChI=1S/C12H18N4O/c1-12(4-6-14-8-12)16-9-3-5-15-10(7-9)11(17)13-2/h3,5,7,14H,4,6,8H2,1-2H3,(H,13,17)(H,15,16). The number of nitrogens with zero attached hydrogens (tertiary/aromatic N) is 1. The zero-order chi connectivity index (χ0) is 12.3. The topological polar surface area (TPSA) is 66.1 Å². The Labute approximate surface area is 101 Å². The van der Waals surface area contributed by atoms with E-state index in [0.29, 0.717) is 5.69 Å². The van der Waals surface area contributed by atoms with Gasteiger partial charge in [-0.2, -0.15) is 0 Å². The lowest BCUT2D eigenvalue weighted by molar-refractivity contribution is 0.0958. The molecule has 0 radical (unpaired) electrons. The number of carbonyl (C=O) groups is 1. The zero-order valence-electron chi connectivity index (χ0n) is 10.2. The van der Waals surface area contributed by atoms with Crippen LogP contribution >= 0.6 is 0 Å². The highest BCUT2D eigenvalue weighted by Crippen LogP contribution is 2.21. The lowest BCUT2D eigenvalue weighted by Crippen LogP contribution is -2.36. The number of pyridine rings is 1. The number of amides is 1. The largest absolute Gasteiger partial charge is 0.378 e. The van der Waals surface area contributed by atoms with E-state index in [9.17, 15) is 4.79 Å². The van der Waals surface area contributed by atoms with Gasteiger partial charge in [0.1, 0.15) is 5.69 Å². The van der Waals surface area contributed by atoms with Crippen LogP contribution in [0.4, 0.5) is 5.69 Å². The summed E-state index contributed by atoms with van der Waals surface area (Å²) in [7, 11) is 1.60. The van der Waals surface area contributed by atoms with E-state index in [1.54, 1.807) is 19.3 Å². The molecule has 0 bridgehead atoms. The number of hydrogen-bond donors (Lipinski definition) is 3. The van der Waals surface area contributed by atoms with E-state index in [1.807, 2.05) is 6.07 Å². The lowest BCUT2D eigenvalue weighted by Gasteiger charge is -2.25. The molecule has 5 heteroatoms. The maximum absolute atomic E-state index is 11.5. The molecule has 5 nitrogen and oxygen atoms in total. The molecule has 1 aromatic rings.